The summed E-state index contributed by atoms with van der Waals surface area (Å²) in [5.41, 5.74) is 1.16. The van der Waals surface area contributed by atoms with E-state index in [9.17, 15) is 9.59 Å². The first-order valence-electron chi connectivity index (χ1n) is 11.8. The van der Waals surface area contributed by atoms with Crippen molar-refractivity contribution in [3.63, 3.8) is 0 Å². The Kier molecular flexibility index (Phi) is 14.5. The third kappa shape index (κ3) is 11.4. The monoisotopic (exact) mass is 386 g/mol. The Morgan fingerprint density at radius 2 is 1.00 bits per heavy atom. The number of hydrogen-bond donors (Lipinski definition) is 0. The van der Waals surface area contributed by atoms with E-state index in [-0.39, 0.29) is 11.6 Å². The van der Waals surface area contributed by atoms with Gasteiger partial charge in [0, 0.05) is 17.5 Å². The molecule has 1 rings (SSSR count). The van der Waals surface area contributed by atoms with E-state index in [4.69, 9.17) is 0 Å². The Hall–Kier alpha value is -1.44. The molecule has 28 heavy (non-hydrogen) atoms. The molecule has 2 heteroatoms. The van der Waals surface area contributed by atoms with E-state index in [0.29, 0.717) is 17.5 Å². The van der Waals surface area contributed by atoms with Gasteiger partial charge < -0.3 is 0 Å². The Morgan fingerprint density at radius 3 is 1.43 bits per heavy atom. The van der Waals surface area contributed by atoms with Crippen LogP contribution in [0.1, 0.15) is 137 Å². The number of ketones is 2. The molecular weight excluding hydrogens is 344 g/mol. The fraction of sp³-hybridized carbons (Fsp3) is 0.692. The molecule has 1 aromatic carbocycles. The second kappa shape index (κ2) is 16.5. The number of carbonyl (C=O) groups is 2. The number of hydrogen-bond acceptors (Lipinski definition) is 2. The van der Waals surface area contributed by atoms with Gasteiger partial charge in [-0.1, -0.05) is 121 Å². The minimum Gasteiger partial charge on any atom is -0.294 e. The molecule has 0 aliphatic carbocycles. The van der Waals surface area contributed by atoms with Crippen molar-refractivity contribution in [2.24, 2.45) is 0 Å². The van der Waals surface area contributed by atoms with Crippen LogP contribution in [-0.2, 0) is 0 Å². The average Bonchev–Trinajstić information content (AvgIpc) is 2.70. The van der Waals surface area contributed by atoms with Gasteiger partial charge in [0.2, 0.25) is 0 Å². The SMILES string of the molecule is CCCCCCCCCCCCCCCCCC(=O)c1ccccc1C(C)=O. The lowest BCUT2D eigenvalue weighted by molar-refractivity contribution is 0.0959. The van der Waals surface area contributed by atoms with Gasteiger partial charge in [-0.2, -0.15) is 0 Å². The van der Waals surface area contributed by atoms with Crippen LogP contribution in [-0.4, -0.2) is 11.6 Å². The summed E-state index contributed by atoms with van der Waals surface area (Å²) in [4.78, 5) is 24.0. The molecule has 0 amide bonds. The van der Waals surface area contributed by atoms with Gasteiger partial charge in [0.25, 0.3) is 0 Å². The standard InChI is InChI=1S/C26H42O2/c1-3-4-5-6-7-8-9-10-11-12-13-14-15-16-17-22-26(28)25-21-19-18-20-24(25)23(2)27/h18-21H,3-17,22H2,1-2H3. The van der Waals surface area contributed by atoms with Crippen molar-refractivity contribution in [2.75, 3.05) is 0 Å². The number of carbonyl (C=O) groups excluding carboxylic acids is 2. The molecule has 0 radical (unpaired) electrons. The van der Waals surface area contributed by atoms with Crippen LogP contribution in [0, 0.1) is 0 Å². The molecule has 158 valence electrons. The smallest absolute Gasteiger partial charge is 0.163 e. The van der Waals surface area contributed by atoms with Crippen LogP contribution in [0.4, 0.5) is 0 Å². The van der Waals surface area contributed by atoms with Crippen LogP contribution >= 0.6 is 0 Å². The summed E-state index contributed by atoms with van der Waals surface area (Å²) in [7, 11) is 0. The molecule has 2 nitrogen and oxygen atoms in total. The second-order valence-electron chi connectivity index (χ2n) is 8.22. The van der Waals surface area contributed by atoms with Crippen molar-refractivity contribution >= 4 is 11.6 Å². The van der Waals surface area contributed by atoms with Crippen molar-refractivity contribution in [3.8, 4) is 0 Å². The summed E-state index contributed by atoms with van der Waals surface area (Å²) < 4.78 is 0. The van der Waals surface area contributed by atoms with E-state index >= 15 is 0 Å². The molecule has 0 unspecified atom stereocenters. The number of unbranched alkanes of at least 4 members (excludes halogenated alkanes) is 14. The van der Waals surface area contributed by atoms with E-state index in [2.05, 4.69) is 6.92 Å². The minimum atomic E-state index is -0.0274. The quantitative estimate of drug-likeness (QED) is 0.188. The summed E-state index contributed by atoms with van der Waals surface area (Å²) in [6.45, 7) is 3.80. The van der Waals surface area contributed by atoms with Crippen molar-refractivity contribution in [1.29, 1.82) is 0 Å². The number of rotatable bonds is 18. The summed E-state index contributed by atoms with van der Waals surface area (Å²) in [5, 5.41) is 0. The lowest BCUT2D eigenvalue weighted by Crippen LogP contribution is -2.06. The van der Waals surface area contributed by atoms with Crippen LogP contribution in [0.2, 0.25) is 0 Å². The third-order valence-corrected chi connectivity index (χ3v) is 5.61. The molecule has 0 spiro atoms. The van der Waals surface area contributed by atoms with E-state index in [1.807, 2.05) is 12.1 Å². The molecule has 1 aromatic rings. The largest absolute Gasteiger partial charge is 0.294 e. The molecule has 0 fully saturated rings. The Balaban J connectivity index is 1.94. The lowest BCUT2D eigenvalue weighted by atomic mass is 9.97. The average molecular weight is 387 g/mol. The molecule has 0 heterocycles. The van der Waals surface area contributed by atoms with Gasteiger partial charge in [0.15, 0.2) is 11.6 Å². The highest BCUT2D eigenvalue weighted by molar-refractivity contribution is 6.07. The maximum atomic E-state index is 12.4. The number of benzene rings is 1. The van der Waals surface area contributed by atoms with Crippen LogP contribution in [0.3, 0.4) is 0 Å². The van der Waals surface area contributed by atoms with Crippen LogP contribution in [0.5, 0.6) is 0 Å². The van der Waals surface area contributed by atoms with E-state index in [1.54, 1.807) is 12.1 Å². The fourth-order valence-corrected chi connectivity index (χ4v) is 3.82. The minimum absolute atomic E-state index is 0.0274. The van der Waals surface area contributed by atoms with Crippen LogP contribution < -0.4 is 0 Å². The van der Waals surface area contributed by atoms with Gasteiger partial charge in [-0.05, 0) is 13.3 Å². The Labute approximate surface area is 173 Å². The molecule has 0 bridgehead atoms. The molecule has 0 N–H and O–H groups in total. The highest BCUT2D eigenvalue weighted by atomic mass is 16.1. The Morgan fingerprint density at radius 1 is 0.607 bits per heavy atom. The molecule has 0 saturated carbocycles. The maximum absolute atomic E-state index is 12.4. The third-order valence-electron chi connectivity index (χ3n) is 5.61. The topological polar surface area (TPSA) is 34.1 Å². The predicted molar refractivity (Wildman–Crippen MR) is 120 cm³/mol. The van der Waals surface area contributed by atoms with Crippen molar-refractivity contribution in [3.05, 3.63) is 35.4 Å². The first-order chi connectivity index (χ1) is 13.7. The van der Waals surface area contributed by atoms with Gasteiger partial charge in [0.1, 0.15) is 0 Å². The first kappa shape index (κ1) is 24.6. The first-order valence-corrected chi connectivity index (χ1v) is 11.8. The predicted octanol–water partition coefficient (Wildman–Crippen LogP) is 8.33. The fourth-order valence-electron chi connectivity index (χ4n) is 3.82. The van der Waals surface area contributed by atoms with Crippen molar-refractivity contribution in [1.82, 2.24) is 0 Å². The zero-order valence-electron chi connectivity index (χ0n) is 18.4. The van der Waals surface area contributed by atoms with E-state index in [1.165, 1.54) is 90.4 Å². The van der Waals surface area contributed by atoms with Crippen molar-refractivity contribution < 1.29 is 9.59 Å². The normalized spacial score (nSPS) is 10.9. The Bertz CT molecular complexity index is 547. The van der Waals surface area contributed by atoms with Crippen LogP contribution in [0.25, 0.3) is 0 Å². The summed E-state index contributed by atoms with van der Waals surface area (Å²) >= 11 is 0. The molecule has 0 aliphatic heterocycles. The molecular formula is C26H42O2. The molecule has 0 saturated heterocycles. The van der Waals surface area contributed by atoms with Gasteiger partial charge in [-0.3, -0.25) is 9.59 Å². The van der Waals surface area contributed by atoms with Gasteiger partial charge in [-0.15, -0.1) is 0 Å². The van der Waals surface area contributed by atoms with Gasteiger partial charge >= 0.3 is 0 Å². The zero-order valence-corrected chi connectivity index (χ0v) is 18.4. The number of Topliss-reactive ketones (excluding diaryl/α,β-unsaturated/α-hetero) is 2. The molecule has 0 aromatic heterocycles. The zero-order chi connectivity index (χ0) is 20.5. The summed E-state index contributed by atoms with van der Waals surface area (Å²) in [6.07, 6.45) is 20.4. The summed E-state index contributed by atoms with van der Waals surface area (Å²) in [5.74, 6) is 0.0842. The summed E-state index contributed by atoms with van der Waals surface area (Å²) in [6, 6.07) is 7.19. The lowest BCUT2D eigenvalue weighted by Gasteiger charge is -2.06. The maximum Gasteiger partial charge on any atom is 0.163 e. The molecule has 0 atom stereocenters. The van der Waals surface area contributed by atoms with E-state index in [0.717, 1.165) is 12.8 Å². The van der Waals surface area contributed by atoms with Gasteiger partial charge in [0.05, 0.1) is 0 Å². The highest BCUT2D eigenvalue weighted by Crippen LogP contribution is 2.16. The van der Waals surface area contributed by atoms with Crippen LogP contribution in [0.15, 0.2) is 24.3 Å². The highest BCUT2D eigenvalue weighted by Gasteiger charge is 2.13. The molecule has 0 aliphatic rings. The second-order valence-corrected chi connectivity index (χ2v) is 8.22. The van der Waals surface area contributed by atoms with Gasteiger partial charge in [-0.25, -0.2) is 0 Å². The van der Waals surface area contributed by atoms with E-state index < -0.39 is 0 Å². The van der Waals surface area contributed by atoms with Crippen molar-refractivity contribution in [2.45, 2.75) is 117 Å².